The highest BCUT2D eigenvalue weighted by molar-refractivity contribution is 6.42. The van der Waals surface area contributed by atoms with Crippen LogP contribution < -0.4 is 14.8 Å². The number of carbonyl (C=O) groups is 1. The summed E-state index contributed by atoms with van der Waals surface area (Å²) in [6, 6.07) is 10.3. The molecule has 0 radical (unpaired) electrons. The molecule has 0 atom stereocenters. The fraction of sp³-hybridized carbons (Fsp3) is 0.133. The number of nitrogens with one attached hydrogen (secondary N) is 1. The summed E-state index contributed by atoms with van der Waals surface area (Å²) in [6.07, 6.45) is 0. The third-order valence-electron chi connectivity index (χ3n) is 3.07. The predicted octanol–water partition coefficient (Wildman–Crippen LogP) is 3.65. The molecule has 2 aromatic carbocycles. The Balaban J connectivity index is 1.67. The summed E-state index contributed by atoms with van der Waals surface area (Å²) in [4.78, 5) is 12.0. The van der Waals surface area contributed by atoms with Gasteiger partial charge in [-0.3, -0.25) is 4.79 Å². The van der Waals surface area contributed by atoms with Crippen LogP contribution in [0.15, 0.2) is 36.4 Å². The Morgan fingerprint density at radius 2 is 1.86 bits per heavy atom. The molecule has 0 saturated carbocycles. The molecule has 108 valence electrons. The summed E-state index contributed by atoms with van der Waals surface area (Å²) in [5.74, 6) is 1.19. The van der Waals surface area contributed by atoms with Crippen LogP contribution in [0.25, 0.3) is 0 Å². The van der Waals surface area contributed by atoms with E-state index in [9.17, 15) is 4.79 Å². The molecule has 0 saturated heterocycles. The summed E-state index contributed by atoms with van der Waals surface area (Å²) < 4.78 is 10.5. The number of fused-ring (bicyclic) bond motifs is 1. The molecule has 0 spiro atoms. The minimum absolute atomic E-state index is 0.216. The largest absolute Gasteiger partial charge is 0.454 e. The van der Waals surface area contributed by atoms with Crippen LogP contribution in [0, 0.1) is 0 Å². The monoisotopic (exact) mass is 323 g/mol. The van der Waals surface area contributed by atoms with Gasteiger partial charge in [-0.2, -0.15) is 0 Å². The molecule has 0 aliphatic carbocycles. The van der Waals surface area contributed by atoms with E-state index in [0.29, 0.717) is 27.9 Å². The van der Waals surface area contributed by atoms with Crippen molar-refractivity contribution in [3.63, 3.8) is 0 Å². The first-order valence-corrected chi connectivity index (χ1v) is 7.01. The van der Waals surface area contributed by atoms with E-state index < -0.39 is 0 Å². The van der Waals surface area contributed by atoms with Gasteiger partial charge < -0.3 is 14.8 Å². The molecular weight excluding hydrogens is 313 g/mol. The maximum atomic E-state index is 12.0. The van der Waals surface area contributed by atoms with Crippen molar-refractivity contribution in [3.05, 3.63) is 57.6 Å². The maximum absolute atomic E-state index is 12.0. The van der Waals surface area contributed by atoms with Crippen molar-refractivity contribution in [1.29, 1.82) is 0 Å². The molecule has 0 unspecified atom stereocenters. The number of rotatable bonds is 3. The highest BCUT2D eigenvalue weighted by Gasteiger charge is 2.14. The van der Waals surface area contributed by atoms with E-state index in [1.54, 1.807) is 18.2 Å². The lowest BCUT2D eigenvalue weighted by molar-refractivity contribution is 0.0951. The van der Waals surface area contributed by atoms with E-state index in [2.05, 4.69) is 5.32 Å². The van der Waals surface area contributed by atoms with Crippen LogP contribution in [-0.4, -0.2) is 12.7 Å². The van der Waals surface area contributed by atoms with Gasteiger partial charge in [0.05, 0.1) is 10.0 Å². The number of amides is 1. The molecule has 21 heavy (non-hydrogen) atoms. The number of hydrogen-bond acceptors (Lipinski definition) is 3. The highest BCUT2D eigenvalue weighted by atomic mass is 35.5. The van der Waals surface area contributed by atoms with E-state index in [0.717, 1.165) is 11.3 Å². The second-order valence-corrected chi connectivity index (χ2v) is 5.31. The lowest BCUT2D eigenvalue weighted by Crippen LogP contribution is -2.22. The minimum Gasteiger partial charge on any atom is -0.454 e. The van der Waals surface area contributed by atoms with Crippen molar-refractivity contribution in [2.45, 2.75) is 6.54 Å². The van der Waals surface area contributed by atoms with Gasteiger partial charge in [-0.15, -0.1) is 0 Å². The Morgan fingerprint density at radius 3 is 2.67 bits per heavy atom. The molecule has 1 aliphatic heterocycles. The van der Waals surface area contributed by atoms with Gasteiger partial charge in [0.15, 0.2) is 11.5 Å². The fourth-order valence-corrected chi connectivity index (χ4v) is 2.27. The first-order valence-electron chi connectivity index (χ1n) is 6.25. The summed E-state index contributed by atoms with van der Waals surface area (Å²) in [6.45, 7) is 0.615. The zero-order valence-electron chi connectivity index (χ0n) is 10.9. The molecule has 3 rings (SSSR count). The summed E-state index contributed by atoms with van der Waals surface area (Å²) in [5.41, 5.74) is 1.39. The van der Waals surface area contributed by atoms with E-state index in [1.165, 1.54) is 0 Å². The van der Waals surface area contributed by atoms with E-state index in [-0.39, 0.29) is 12.7 Å². The Bertz CT molecular complexity index is 703. The summed E-state index contributed by atoms with van der Waals surface area (Å²) >= 11 is 11.7. The Kier molecular flexibility index (Phi) is 3.90. The normalized spacial score (nSPS) is 12.3. The molecule has 0 bridgehead atoms. The molecule has 1 aliphatic rings. The quantitative estimate of drug-likeness (QED) is 0.937. The standard InChI is InChI=1S/C15H11Cl2NO3/c16-11-3-2-10(6-12(11)17)15(19)18-7-9-1-4-13-14(5-9)21-8-20-13/h1-6H,7-8H2,(H,18,19). The number of halogens is 2. The molecule has 1 amide bonds. The lowest BCUT2D eigenvalue weighted by atomic mass is 10.2. The molecular formula is C15H11Cl2NO3. The van der Waals surface area contributed by atoms with Crippen LogP contribution in [0.2, 0.25) is 10.0 Å². The van der Waals surface area contributed by atoms with Crippen molar-refractivity contribution in [1.82, 2.24) is 5.32 Å². The molecule has 6 heteroatoms. The fourth-order valence-electron chi connectivity index (χ4n) is 1.97. The summed E-state index contributed by atoms with van der Waals surface area (Å²) in [7, 11) is 0. The van der Waals surface area contributed by atoms with Crippen LogP contribution in [0.5, 0.6) is 11.5 Å². The second kappa shape index (κ2) is 5.84. The van der Waals surface area contributed by atoms with E-state index >= 15 is 0 Å². The average molecular weight is 324 g/mol. The number of benzene rings is 2. The SMILES string of the molecule is O=C(NCc1ccc2c(c1)OCO2)c1ccc(Cl)c(Cl)c1. The predicted molar refractivity (Wildman–Crippen MR) is 80.2 cm³/mol. The molecule has 1 heterocycles. The van der Waals surface area contributed by atoms with Gasteiger partial charge in [0.1, 0.15) is 0 Å². The molecule has 2 aromatic rings. The molecule has 4 nitrogen and oxygen atoms in total. The second-order valence-electron chi connectivity index (χ2n) is 4.50. The van der Waals surface area contributed by atoms with Crippen molar-refractivity contribution < 1.29 is 14.3 Å². The third kappa shape index (κ3) is 3.06. The zero-order chi connectivity index (χ0) is 14.8. The topological polar surface area (TPSA) is 47.6 Å². The van der Waals surface area contributed by atoms with Gasteiger partial charge in [-0.1, -0.05) is 29.3 Å². The van der Waals surface area contributed by atoms with E-state index in [4.69, 9.17) is 32.7 Å². The van der Waals surface area contributed by atoms with Gasteiger partial charge in [0.2, 0.25) is 6.79 Å². The summed E-state index contributed by atoms with van der Waals surface area (Å²) in [5, 5.41) is 3.59. The van der Waals surface area contributed by atoms with Crippen LogP contribution in [0.1, 0.15) is 15.9 Å². The van der Waals surface area contributed by atoms with Crippen LogP contribution >= 0.6 is 23.2 Å². The van der Waals surface area contributed by atoms with Crippen LogP contribution in [0.4, 0.5) is 0 Å². The highest BCUT2D eigenvalue weighted by Crippen LogP contribution is 2.32. The van der Waals surface area contributed by atoms with Gasteiger partial charge >= 0.3 is 0 Å². The Hall–Kier alpha value is -1.91. The van der Waals surface area contributed by atoms with Crippen molar-refractivity contribution in [3.8, 4) is 11.5 Å². The van der Waals surface area contributed by atoms with Crippen LogP contribution in [-0.2, 0) is 6.54 Å². The lowest BCUT2D eigenvalue weighted by Gasteiger charge is -2.07. The molecule has 0 aromatic heterocycles. The van der Waals surface area contributed by atoms with Crippen molar-refractivity contribution in [2.24, 2.45) is 0 Å². The van der Waals surface area contributed by atoms with Gasteiger partial charge in [-0.05, 0) is 35.9 Å². The number of ether oxygens (including phenoxy) is 2. The zero-order valence-corrected chi connectivity index (χ0v) is 12.4. The average Bonchev–Trinajstić information content (AvgIpc) is 2.95. The van der Waals surface area contributed by atoms with Gasteiger partial charge in [0.25, 0.3) is 5.91 Å². The molecule has 0 fully saturated rings. The Labute approximate surface area is 131 Å². The number of hydrogen-bond donors (Lipinski definition) is 1. The third-order valence-corrected chi connectivity index (χ3v) is 3.81. The first kappa shape index (κ1) is 14.0. The maximum Gasteiger partial charge on any atom is 0.251 e. The van der Waals surface area contributed by atoms with Crippen molar-refractivity contribution in [2.75, 3.05) is 6.79 Å². The van der Waals surface area contributed by atoms with Gasteiger partial charge in [-0.25, -0.2) is 0 Å². The minimum atomic E-state index is -0.216. The number of carbonyl (C=O) groups excluding carboxylic acids is 1. The van der Waals surface area contributed by atoms with Crippen LogP contribution in [0.3, 0.4) is 0 Å². The first-order chi connectivity index (χ1) is 10.1. The molecule has 1 N–H and O–H groups in total. The smallest absolute Gasteiger partial charge is 0.251 e. The van der Waals surface area contributed by atoms with Crippen molar-refractivity contribution >= 4 is 29.1 Å². The van der Waals surface area contributed by atoms with Gasteiger partial charge in [0, 0.05) is 12.1 Å². The Morgan fingerprint density at radius 1 is 1.05 bits per heavy atom. The van der Waals surface area contributed by atoms with E-state index in [1.807, 2.05) is 18.2 Å².